The summed E-state index contributed by atoms with van der Waals surface area (Å²) < 4.78 is 11.3. The van der Waals surface area contributed by atoms with Crippen LogP contribution < -0.4 is 15.0 Å². The summed E-state index contributed by atoms with van der Waals surface area (Å²) in [6.07, 6.45) is 7.61. The fourth-order valence-electron chi connectivity index (χ4n) is 2.17. The van der Waals surface area contributed by atoms with E-state index in [4.69, 9.17) is 15.6 Å². The normalized spacial score (nSPS) is 10.6. The molecule has 0 aliphatic heterocycles. The van der Waals surface area contributed by atoms with Crippen LogP contribution in [0.2, 0.25) is 0 Å². The molecule has 0 atom stereocenters. The number of anilines is 1. The number of hydrogen-bond donors (Lipinski definition) is 2. The molecule has 0 unspecified atom stereocenters. The molecule has 0 saturated carbocycles. The number of ether oxygens (including phenoxy) is 1. The second kappa shape index (κ2) is 6.95. The van der Waals surface area contributed by atoms with Crippen LogP contribution in [0.4, 0.5) is 5.69 Å². The fourth-order valence-corrected chi connectivity index (χ4v) is 2.17. The van der Waals surface area contributed by atoms with Crippen LogP contribution in [-0.4, -0.2) is 32.5 Å². The zero-order valence-electron chi connectivity index (χ0n) is 12.6. The van der Waals surface area contributed by atoms with Crippen molar-refractivity contribution < 1.29 is 14.4 Å². The van der Waals surface area contributed by atoms with Gasteiger partial charge in [0.05, 0.1) is 12.1 Å². The molecular weight excluding hydrogens is 282 g/mol. The molecule has 7 heteroatoms. The molecule has 3 aromatic heterocycles. The van der Waals surface area contributed by atoms with E-state index in [1.807, 2.05) is 52.3 Å². The molecule has 0 bridgehead atoms. The van der Waals surface area contributed by atoms with Crippen LogP contribution in [0.1, 0.15) is 0 Å². The van der Waals surface area contributed by atoms with Gasteiger partial charge in [-0.2, -0.15) is 0 Å². The van der Waals surface area contributed by atoms with Gasteiger partial charge in [-0.1, -0.05) is 6.07 Å². The van der Waals surface area contributed by atoms with E-state index < -0.39 is 0 Å². The van der Waals surface area contributed by atoms with Crippen molar-refractivity contribution in [2.24, 2.45) is 0 Å². The Balaban J connectivity index is 0.00000176. The maximum absolute atomic E-state index is 8.87. The quantitative estimate of drug-likeness (QED) is 0.514. The van der Waals surface area contributed by atoms with Gasteiger partial charge in [0.25, 0.3) is 5.88 Å². The van der Waals surface area contributed by atoms with Crippen molar-refractivity contribution in [1.29, 1.82) is 0 Å². The lowest BCUT2D eigenvalue weighted by molar-refractivity contribution is -0.697. The van der Waals surface area contributed by atoms with Crippen LogP contribution in [0, 0.1) is 7.43 Å². The zero-order chi connectivity index (χ0) is 14.7. The lowest BCUT2D eigenvalue weighted by Gasteiger charge is -2.01. The number of rotatable bonds is 6. The highest BCUT2D eigenvalue weighted by atomic mass is 16.5. The summed E-state index contributed by atoms with van der Waals surface area (Å²) in [6.45, 7) is 1.88. The smallest absolute Gasteiger partial charge is 0.257 e. The van der Waals surface area contributed by atoms with E-state index in [2.05, 4.69) is 5.10 Å². The van der Waals surface area contributed by atoms with Gasteiger partial charge < -0.3 is 23.0 Å². The zero-order valence-corrected chi connectivity index (χ0v) is 12.6. The molecule has 22 heavy (non-hydrogen) atoms. The SMILES string of the molecule is Nc1c(OCCn2cc[n+](CCO)c2)nn2ccccc12.[CH3-]. The van der Waals surface area contributed by atoms with E-state index in [0.29, 0.717) is 31.3 Å². The second-order valence-corrected chi connectivity index (χ2v) is 4.71. The lowest BCUT2D eigenvalue weighted by Crippen LogP contribution is -2.33. The molecule has 0 aliphatic carbocycles. The lowest BCUT2D eigenvalue weighted by atomic mass is 10.4. The number of nitrogen functional groups attached to an aromatic ring is 1. The molecule has 0 amide bonds. The van der Waals surface area contributed by atoms with Gasteiger partial charge in [-0.25, -0.2) is 13.6 Å². The molecule has 118 valence electrons. The third-order valence-electron chi connectivity index (χ3n) is 3.24. The van der Waals surface area contributed by atoms with E-state index >= 15 is 0 Å². The Bertz CT molecular complexity index is 734. The van der Waals surface area contributed by atoms with Gasteiger partial charge in [-0.3, -0.25) is 0 Å². The van der Waals surface area contributed by atoms with Crippen molar-refractivity contribution in [1.82, 2.24) is 14.2 Å². The third kappa shape index (κ3) is 3.20. The summed E-state index contributed by atoms with van der Waals surface area (Å²) in [5, 5.41) is 13.2. The second-order valence-electron chi connectivity index (χ2n) is 4.71. The number of pyridine rings is 1. The molecular formula is C15H21N5O2. The molecule has 7 nitrogen and oxygen atoms in total. The number of fused-ring (bicyclic) bond motifs is 1. The van der Waals surface area contributed by atoms with Crippen molar-refractivity contribution in [3.8, 4) is 5.88 Å². The molecule has 0 spiro atoms. The standard InChI is InChI=1S/C14H18N5O2.CH3/c15-13-12-3-1-2-4-19(12)16-14(13)21-10-8-18-6-5-17(11-18)7-9-20;/h1-6,11,20H,7-10,15H2;1H3/q+1;-1. The highest BCUT2D eigenvalue weighted by Gasteiger charge is 2.11. The molecule has 3 N–H and O–H groups in total. The van der Waals surface area contributed by atoms with Crippen LogP contribution in [0.5, 0.6) is 5.88 Å². The first-order valence-corrected chi connectivity index (χ1v) is 6.79. The summed E-state index contributed by atoms with van der Waals surface area (Å²) in [5.41, 5.74) is 7.41. The molecule has 0 saturated heterocycles. The number of imidazole rings is 1. The summed E-state index contributed by atoms with van der Waals surface area (Å²) in [4.78, 5) is 0. The first kappa shape index (κ1) is 15.8. The van der Waals surface area contributed by atoms with Crippen molar-refractivity contribution in [3.63, 3.8) is 0 Å². The van der Waals surface area contributed by atoms with E-state index in [9.17, 15) is 0 Å². The van der Waals surface area contributed by atoms with E-state index in [-0.39, 0.29) is 14.0 Å². The van der Waals surface area contributed by atoms with Crippen LogP contribution >= 0.6 is 0 Å². The summed E-state index contributed by atoms with van der Waals surface area (Å²) in [5.74, 6) is 0.455. The average molecular weight is 303 g/mol. The molecule has 0 aromatic carbocycles. The minimum Gasteiger partial charge on any atom is -0.471 e. The summed E-state index contributed by atoms with van der Waals surface area (Å²) in [7, 11) is 0. The van der Waals surface area contributed by atoms with Gasteiger partial charge in [-0.15, -0.1) is 5.10 Å². The van der Waals surface area contributed by atoms with Gasteiger partial charge in [0, 0.05) is 6.20 Å². The van der Waals surface area contributed by atoms with Gasteiger partial charge in [-0.05, 0) is 12.1 Å². The number of aliphatic hydroxyl groups is 1. The fraction of sp³-hybridized carbons (Fsp3) is 0.267. The summed E-state index contributed by atoms with van der Waals surface area (Å²) in [6, 6.07) is 5.71. The van der Waals surface area contributed by atoms with Gasteiger partial charge in [0.15, 0.2) is 0 Å². The van der Waals surface area contributed by atoms with Crippen molar-refractivity contribution in [2.45, 2.75) is 13.1 Å². The van der Waals surface area contributed by atoms with Crippen molar-refractivity contribution >= 4 is 11.2 Å². The summed E-state index contributed by atoms with van der Waals surface area (Å²) >= 11 is 0. The van der Waals surface area contributed by atoms with E-state index in [1.165, 1.54) is 0 Å². The topological polar surface area (TPSA) is 81.6 Å². The maximum atomic E-state index is 8.87. The highest BCUT2D eigenvalue weighted by molar-refractivity contribution is 5.74. The monoisotopic (exact) mass is 303 g/mol. The Hall–Kier alpha value is -2.54. The predicted octanol–water partition coefficient (Wildman–Crippen LogP) is 0.527. The van der Waals surface area contributed by atoms with Crippen LogP contribution in [0.3, 0.4) is 0 Å². The van der Waals surface area contributed by atoms with Gasteiger partial charge >= 0.3 is 0 Å². The molecule has 0 fully saturated rings. The average Bonchev–Trinajstić information content (AvgIpc) is 3.06. The number of aromatic nitrogens is 4. The predicted molar refractivity (Wildman–Crippen MR) is 83.2 cm³/mol. The first-order chi connectivity index (χ1) is 10.3. The largest absolute Gasteiger partial charge is 0.471 e. The molecule has 0 aliphatic rings. The Kier molecular flexibility index (Phi) is 5.00. The number of nitrogens with two attached hydrogens (primary N) is 1. The van der Waals surface area contributed by atoms with Crippen LogP contribution in [-0.2, 0) is 13.1 Å². The molecule has 3 aromatic rings. The number of hydrogen-bond acceptors (Lipinski definition) is 4. The van der Waals surface area contributed by atoms with E-state index in [0.717, 1.165) is 5.52 Å². The minimum atomic E-state index is 0. The number of aliphatic hydroxyl groups excluding tert-OH is 1. The molecule has 0 radical (unpaired) electrons. The van der Waals surface area contributed by atoms with Crippen molar-refractivity contribution in [2.75, 3.05) is 18.9 Å². The van der Waals surface area contributed by atoms with Gasteiger partial charge in [0.1, 0.15) is 37.8 Å². The minimum absolute atomic E-state index is 0. The molecule has 3 rings (SSSR count). The maximum Gasteiger partial charge on any atom is 0.257 e. The van der Waals surface area contributed by atoms with E-state index in [1.54, 1.807) is 4.52 Å². The van der Waals surface area contributed by atoms with Crippen molar-refractivity contribution in [3.05, 3.63) is 50.5 Å². The van der Waals surface area contributed by atoms with Gasteiger partial charge in [0.2, 0.25) is 6.33 Å². The van der Waals surface area contributed by atoms with Crippen LogP contribution in [0.15, 0.2) is 43.1 Å². The third-order valence-corrected chi connectivity index (χ3v) is 3.24. The van der Waals surface area contributed by atoms with Crippen LogP contribution in [0.25, 0.3) is 5.52 Å². The number of nitrogens with zero attached hydrogens (tertiary/aromatic N) is 4. The Morgan fingerprint density at radius 1 is 1.32 bits per heavy atom. The highest BCUT2D eigenvalue weighted by Crippen LogP contribution is 2.24. The Morgan fingerprint density at radius 2 is 2.18 bits per heavy atom. The first-order valence-electron chi connectivity index (χ1n) is 6.79. The Morgan fingerprint density at radius 3 is 2.95 bits per heavy atom. The Labute approximate surface area is 129 Å². The molecule has 3 heterocycles.